The van der Waals surface area contributed by atoms with Gasteiger partial charge in [-0.1, -0.05) is 11.3 Å². The van der Waals surface area contributed by atoms with Crippen LogP contribution in [0, 0.1) is 0 Å². The number of benzene rings is 1. The van der Waals surface area contributed by atoms with Crippen molar-refractivity contribution in [3.05, 3.63) is 61.4 Å². The molecule has 0 aliphatic carbocycles. The summed E-state index contributed by atoms with van der Waals surface area (Å²) in [5.41, 5.74) is -5.71. The van der Waals surface area contributed by atoms with Crippen molar-refractivity contribution >= 4 is 34.1 Å². The molecule has 38 heavy (non-hydrogen) atoms. The molecule has 0 fully saturated rings. The van der Waals surface area contributed by atoms with Crippen molar-refractivity contribution in [3.8, 4) is 5.88 Å². The van der Waals surface area contributed by atoms with Crippen LogP contribution in [0.2, 0.25) is 0 Å². The molecule has 10 nitrogen and oxygen atoms in total. The molecule has 1 aromatic carbocycles. The second-order valence-electron chi connectivity index (χ2n) is 8.05. The van der Waals surface area contributed by atoms with E-state index in [1.54, 1.807) is 0 Å². The first-order valence-electron chi connectivity index (χ1n) is 10.4. The summed E-state index contributed by atoms with van der Waals surface area (Å²) < 4.78 is 80.2. The van der Waals surface area contributed by atoms with Gasteiger partial charge in [-0.15, -0.1) is 0 Å². The third-order valence-electron chi connectivity index (χ3n) is 5.54. The molecule has 17 heteroatoms. The number of thiazole rings is 1. The van der Waals surface area contributed by atoms with Crippen LogP contribution in [-0.2, 0) is 30.1 Å². The van der Waals surface area contributed by atoms with E-state index >= 15 is 0 Å². The van der Waals surface area contributed by atoms with Gasteiger partial charge in [0.1, 0.15) is 6.54 Å². The Hall–Kier alpha value is -4.15. The highest BCUT2D eigenvalue weighted by Crippen LogP contribution is 2.37. The molecule has 1 aliphatic rings. The van der Waals surface area contributed by atoms with Crippen molar-refractivity contribution in [2.45, 2.75) is 25.3 Å². The van der Waals surface area contributed by atoms with Crippen LogP contribution in [-0.4, -0.2) is 55.4 Å². The highest BCUT2D eigenvalue weighted by Gasteiger charge is 2.38. The number of carbonyl (C=O) groups excluding carboxylic acids is 2. The van der Waals surface area contributed by atoms with Gasteiger partial charge in [0.05, 0.1) is 17.7 Å². The molecular weight excluding hydrogens is 550 g/mol. The number of carbonyl (C=O) groups is 3. The monoisotopic (exact) mass is 564 g/mol. The van der Waals surface area contributed by atoms with Crippen molar-refractivity contribution in [1.82, 2.24) is 19.6 Å². The maximum atomic E-state index is 13.2. The summed E-state index contributed by atoms with van der Waals surface area (Å²) in [4.78, 5) is 53.7. The molecule has 3 N–H and O–H groups in total. The van der Waals surface area contributed by atoms with Crippen LogP contribution in [0.4, 0.5) is 26.3 Å². The Morgan fingerprint density at radius 2 is 1.66 bits per heavy atom. The molecular formula is C21H14F6N4O6S. The third-order valence-corrected chi connectivity index (χ3v) is 6.61. The predicted molar refractivity (Wildman–Crippen MR) is 116 cm³/mol. The van der Waals surface area contributed by atoms with Crippen LogP contribution in [0.25, 0.3) is 4.96 Å². The zero-order chi connectivity index (χ0) is 28.2. The van der Waals surface area contributed by atoms with E-state index in [1.165, 1.54) is 0 Å². The molecule has 3 heterocycles. The van der Waals surface area contributed by atoms with Crippen LogP contribution < -0.4 is 10.9 Å². The Labute approximate surface area is 210 Å². The summed E-state index contributed by atoms with van der Waals surface area (Å²) >= 11 is 0.810. The largest absolute Gasteiger partial charge is 0.492 e. The molecule has 2 aromatic heterocycles. The van der Waals surface area contributed by atoms with E-state index < -0.39 is 70.4 Å². The Morgan fingerprint density at radius 3 is 2.21 bits per heavy atom. The number of aromatic hydroxyl groups is 1. The van der Waals surface area contributed by atoms with Gasteiger partial charge in [-0.2, -0.15) is 31.3 Å². The van der Waals surface area contributed by atoms with Gasteiger partial charge in [0.2, 0.25) is 10.8 Å². The molecule has 0 saturated carbocycles. The number of nitrogens with one attached hydrogen (secondary N) is 1. The molecule has 0 atom stereocenters. The van der Waals surface area contributed by atoms with E-state index in [4.69, 9.17) is 5.11 Å². The number of halogens is 6. The van der Waals surface area contributed by atoms with Crippen molar-refractivity contribution in [2.75, 3.05) is 13.1 Å². The van der Waals surface area contributed by atoms with E-state index in [1.807, 2.05) is 5.32 Å². The summed E-state index contributed by atoms with van der Waals surface area (Å²) in [7, 11) is 0. The zero-order valence-electron chi connectivity index (χ0n) is 18.6. The number of alkyl halides is 6. The Kier molecular flexibility index (Phi) is 6.59. The lowest BCUT2D eigenvalue weighted by Crippen LogP contribution is -2.38. The molecule has 3 aromatic rings. The fraction of sp³-hybridized carbons (Fsp3) is 0.286. The van der Waals surface area contributed by atoms with Crippen LogP contribution in [0.3, 0.4) is 0 Å². The first-order chi connectivity index (χ1) is 17.6. The summed E-state index contributed by atoms with van der Waals surface area (Å²) in [6.45, 7) is -1.35. The fourth-order valence-corrected chi connectivity index (χ4v) is 5.00. The summed E-state index contributed by atoms with van der Waals surface area (Å²) in [6, 6.07) is 0.556. The van der Waals surface area contributed by atoms with Gasteiger partial charge in [-0.25, -0.2) is 0 Å². The molecule has 1 aliphatic heterocycles. The number of nitrogens with zero attached hydrogens (tertiary/aromatic N) is 3. The molecule has 0 radical (unpaired) electrons. The van der Waals surface area contributed by atoms with E-state index in [9.17, 15) is 50.6 Å². The topological polar surface area (TPSA) is 141 Å². The average Bonchev–Trinajstić information content (AvgIpc) is 3.18. The second-order valence-corrected chi connectivity index (χ2v) is 9.12. The van der Waals surface area contributed by atoms with E-state index in [2.05, 4.69) is 4.98 Å². The van der Waals surface area contributed by atoms with Crippen LogP contribution in [0.1, 0.15) is 42.4 Å². The normalized spacial score (nSPS) is 13.9. The highest BCUT2D eigenvalue weighted by molar-refractivity contribution is 7.17. The number of rotatable bonds is 4. The second kappa shape index (κ2) is 9.30. The fourth-order valence-electron chi connectivity index (χ4n) is 3.84. The first kappa shape index (κ1) is 26.9. The number of carboxylic acids is 1. The van der Waals surface area contributed by atoms with Crippen LogP contribution in [0.15, 0.2) is 23.0 Å². The quantitative estimate of drug-likeness (QED) is 0.414. The SMILES string of the molecule is O=C(O)CNC(=O)c1c(O)nc2sc3c(n2c1=O)CCN(C(=O)c1cc(C(F)(F)F)cc(C(F)(F)F)c1)C3. The van der Waals surface area contributed by atoms with Crippen LogP contribution >= 0.6 is 11.3 Å². The average molecular weight is 564 g/mol. The van der Waals surface area contributed by atoms with Crippen molar-refractivity contribution in [3.63, 3.8) is 0 Å². The van der Waals surface area contributed by atoms with Gasteiger partial charge in [0, 0.05) is 29.1 Å². The van der Waals surface area contributed by atoms with E-state index in [0.717, 1.165) is 20.6 Å². The summed E-state index contributed by atoms with van der Waals surface area (Å²) in [5.74, 6) is -4.70. The van der Waals surface area contributed by atoms with E-state index in [0.29, 0.717) is 17.0 Å². The highest BCUT2D eigenvalue weighted by atomic mass is 32.1. The minimum absolute atomic E-state index is 0.0886. The predicted octanol–water partition coefficient (Wildman–Crippen LogP) is 2.51. The molecule has 0 unspecified atom stereocenters. The van der Waals surface area contributed by atoms with Crippen molar-refractivity contribution in [2.24, 2.45) is 0 Å². The van der Waals surface area contributed by atoms with Gasteiger partial charge >= 0.3 is 18.3 Å². The Balaban J connectivity index is 1.70. The van der Waals surface area contributed by atoms with Gasteiger partial charge < -0.3 is 20.4 Å². The minimum Gasteiger partial charge on any atom is -0.492 e. The number of carboxylic acid groups (broad SMARTS) is 1. The van der Waals surface area contributed by atoms with Gasteiger partial charge in [-0.05, 0) is 18.2 Å². The van der Waals surface area contributed by atoms with Gasteiger partial charge in [-0.3, -0.25) is 23.6 Å². The molecule has 202 valence electrons. The lowest BCUT2D eigenvalue weighted by Gasteiger charge is -2.27. The molecule has 0 bridgehead atoms. The number of aliphatic carboxylic acids is 1. The van der Waals surface area contributed by atoms with Crippen molar-refractivity contribution in [1.29, 1.82) is 0 Å². The number of hydrogen-bond donors (Lipinski definition) is 3. The molecule has 2 amide bonds. The maximum Gasteiger partial charge on any atom is 0.416 e. The Morgan fingerprint density at radius 1 is 1.05 bits per heavy atom. The summed E-state index contributed by atoms with van der Waals surface area (Å²) in [6.07, 6.45) is -10.4. The molecule has 0 spiro atoms. The Bertz CT molecular complexity index is 1510. The van der Waals surface area contributed by atoms with Gasteiger partial charge in [0.25, 0.3) is 17.4 Å². The number of aromatic nitrogens is 2. The zero-order valence-corrected chi connectivity index (χ0v) is 19.4. The standard InChI is InChI=1S/C21H14F6N4O6S/c22-20(23,24)9-3-8(4-10(5-9)21(25,26)27)17(36)30-2-1-11-12(7-30)38-19-29-16(35)14(18(37)31(11)19)15(34)28-6-13(32)33/h3-5,35H,1-2,6-7H2,(H,28,34)(H,32,33). The number of fused-ring (bicyclic) bond motifs is 3. The third kappa shape index (κ3) is 5.00. The molecule has 4 rings (SSSR count). The maximum absolute atomic E-state index is 13.2. The number of amides is 2. The number of hydrogen-bond acceptors (Lipinski definition) is 7. The van der Waals surface area contributed by atoms with Gasteiger partial charge in [0.15, 0.2) is 5.56 Å². The minimum atomic E-state index is -5.14. The smallest absolute Gasteiger partial charge is 0.416 e. The molecule has 0 saturated heterocycles. The van der Waals surface area contributed by atoms with Crippen molar-refractivity contribution < 1.29 is 50.9 Å². The summed E-state index contributed by atoms with van der Waals surface area (Å²) in [5, 5.41) is 20.7. The lowest BCUT2D eigenvalue weighted by molar-refractivity contribution is -0.143. The lowest BCUT2D eigenvalue weighted by atomic mass is 10.0. The van der Waals surface area contributed by atoms with Crippen LogP contribution in [0.5, 0.6) is 5.88 Å². The first-order valence-corrected chi connectivity index (χ1v) is 11.2. The van der Waals surface area contributed by atoms with E-state index in [-0.39, 0.29) is 36.2 Å².